The third-order valence-electron chi connectivity index (χ3n) is 3.38. The van der Waals surface area contributed by atoms with Gasteiger partial charge in [0.25, 0.3) is 0 Å². The Morgan fingerprint density at radius 2 is 1.61 bits per heavy atom. The Morgan fingerprint density at radius 3 is 2.25 bits per heavy atom. The highest BCUT2D eigenvalue weighted by atomic mass is 19.4. The van der Waals surface area contributed by atoms with Crippen molar-refractivity contribution in [2.24, 2.45) is 5.10 Å². The zero-order valence-corrected chi connectivity index (χ0v) is 13.8. The first-order valence-electron chi connectivity index (χ1n) is 7.53. The van der Waals surface area contributed by atoms with E-state index in [-0.39, 0.29) is 23.5 Å². The van der Waals surface area contributed by atoms with Crippen molar-refractivity contribution in [3.05, 3.63) is 65.5 Å². The molecule has 2 aromatic carbocycles. The van der Waals surface area contributed by atoms with E-state index in [0.29, 0.717) is 11.6 Å². The first kappa shape index (κ1) is 21.5. The van der Waals surface area contributed by atoms with Gasteiger partial charge in [0, 0.05) is 5.56 Å². The van der Waals surface area contributed by atoms with Crippen LogP contribution in [0.5, 0.6) is 5.75 Å². The number of benzene rings is 2. The fourth-order valence-corrected chi connectivity index (χ4v) is 1.90. The van der Waals surface area contributed by atoms with Gasteiger partial charge in [-0.1, -0.05) is 30.3 Å². The molecule has 2 rings (SSSR count). The molecule has 0 aliphatic rings. The van der Waals surface area contributed by atoms with E-state index in [1.807, 2.05) is 0 Å². The van der Waals surface area contributed by atoms with Gasteiger partial charge in [0.1, 0.15) is 18.2 Å². The van der Waals surface area contributed by atoms with Gasteiger partial charge in [0.05, 0.1) is 6.21 Å². The van der Waals surface area contributed by atoms with Gasteiger partial charge in [0.15, 0.2) is 0 Å². The van der Waals surface area contributed by atoms with Crippen molar-refractivity contribution in [2.45, 2.75) is 24.8 Å². The average Bonchev–Trinajstić information content (AvgIpc) is 2.60. The third kappa shape index (κ3) is 4.90. The lowest BCUT2D eigenvalue weighted by Crippen LogP contribution is -2.58. The Bertz CT molecular complexity index is 836. The molecule has 1 N–H and O–H groups in total. The summed E-state index contributed by atoms with van der Waals surface area (Å²) in [6.07, 6.45) is -5.85. The third-order valence-corrected chi connectivity index (χ3v) is 3.38. The first-order valence-corrected chi connectivity index (χ1v) is 7.53. The van der Waals surface area contributed by atoms with Gasteiger partial charge in [-0.3, -0.25) is 0 Å². The van der Waals surface area contributed by atoms with E-state index in [4.69, 9.17) is 4.74 Å². The van der Waals surface area contributed by atoms with Crippen LogP contribution in [0.1, 0.15) is 11.1 Å². The maximum Gasteiger partial charge on any atom is 0.462 e. The summed E-state index contributed by atoms with van der Waals surface area (Å²) in [4.78, 5) is 0. The molecule has 0 fully saturated rings. The molecule has 0 saturated heterocycles. The van der Waals surface area contributed by atoms with Crippen molar-refractivity contribution in [3.63, 3.8) is 0 Å². The smallest absolute Gasteiger partial charge is 0.462 e. The number of ether oxygens (including phenoxy) is 1. The minimum Gasteiger partial charge on any atom is -0.489 e. The van der Waals surface area contributed by atoms with Crippen LogP contribution >= 0.6 is 0 Å². The Balaban J connectivity index is 2.03. The standard InChI is InChI=1S/C17H12F8N2O/c18-14-7-2-1-5-12(14)10-28-13-6-3-4-11(8-13)9-26-27-17(24,25)15(19,20)16(21,22)23/h1-9,27H,10H2/b26-9-. The number of nitrogens with zero attached hydrogens (tertiary/aromatic N) is 1. The summed E-state index contributed by atoms with van der Waals surface area (Å²) in [7, 11) is 0. The Morgan fingerprint density at radius 1 is 0.929 bits per heavy atom. The van der Waals surface area contributed by atoms with Gasteiger partial charge >= 0.3 is 18.1 Å². The van der Waals surface area contributed by atoms with Gasteiger partial charge < -0.3 is 4.74 Å². The molecule has 3 nitrogen and oxygen atoms in total. The van der Waals surface area contributed by atoms with Crippen LogP contribution in [0.3, 0.4) is 0 Å². The average molecular weight is 412 g/mol. The van der Waals surface area contributed by atoms with Crippen LogP contribution in [0.2, 0.25) is 0 Å². The lowest BCUT2D eigenvalue weighted by molar-refractivity contribution is -0.361. The lowest BCUT2D eigenvalue weighted by Gasteiger charge is -2.27. The highest BCUT2D eigenvalue weighted by Gasteiger charge is 2.73. The molecule has 0 spiro atoms. The first-order chi connectivity index (χ1) is 12.9. The SMILES string of the molecule is Fc1ccccc1COc1cccc(/C=N\NC(F)(F)C(F)(F)C(F)(F)F)c1. The van der Waals surface area contributed by atoms with E-state index in [0.717, 1.165) is 0 Å². The quantitative estimate of drug-likeness (QED) is 0.297. The second-order valence-corrected chi connectivity index (χ2v) is 5.47. The molecule has 0 amide bonds. The molecular weight excluding hydrogens is 400 g/mol. The van der Waals surface area contributed by atoms with E-state index >= 15 is 0 Å². The molecule has 28 heavy (non-hydrogen) atoms. The number of rotatable bonds is 7. The molecule has 2 aromatic rings. The normalized spacial score (nSPS) is 13.0. The van der Waals surface area contributed by atoms with E-state index in [2.05, 4.69) is 5.10 Å². The summed E-state index contributed by atoms with van der Waals surface area (Å²) >= 11 is 0. The molecule has 0 radical (unpaired) electrons. The summed E-state index contributed by atoms with van der Waals surface area (Å²) in [6.45, 7) is -0.151. The molecule has 0 bridgehead atoms. The van der Waals surface area contributed by atoms with E-state index in [1.165, 1.54) is 42.5 Å². The number of hydrogen-bond acceptors (Lipinski definition) is 3. The number of nitrogens with one attached hydrogen (secondary N) is 1. The topological polar surface area (TPSA) is 33.6 Å². The second kappa shape index (κ2) is 8.03. The molecule has 0 saturated carbocycles. The summed E-state index contributed by atoms with van der Waals surface area (Å²) in [5, 5.41) is 2.75. The molecule has 0 aromatic heterocycles. The predicted octanol–water partition coefficient (Wildman–Crippen LogP) is 5.12. The van der Waals surface area contributed by atoms with Crippen molar-refractivity contribution in [3.8, 4) is 5.75 Å². The van der Waals surface area contributed by atoms with Gasteiger partial charge in [-0.05, 0) is 23.8 Å². The second-order valence-electron chi connectivity index (χ2n) is 5.47. The van der Waals surface area contributed by atoms with Crippen molar-refractivity contribution < 1.29 is 39.9 Å². The Kier molecular flexibility index (Phi) is 6.15. The van der Waals surface area contributed by atoms with Crippen LogP contribution in [0, 0.1) is 5.82 Å². The molecule has 0 aliphatic heterocycles. The summed E-state index contributed by atoms with van der Waals surface area (Å²) < 4.78 is 106. The van der Waals surface area contributed by atoms with Gasteiger partial charge in [-0.25, -0.2) is 9.82 Å². The lowest BCUT2D eigenvalue weighted by atomic mass is 10.2. The zero-order valence-electron chi connectivity index (χ0n) is 13.8. The van der Waals surface area contributed by atoms with E-state index < -0.39 is 24.0 Å². The van der Waals surface area contributed by atoms with Crippen molar-refractivity contribution >= 4 is 6.21 Å². The van der Waals surface area contributed by atoms with Crippen molar-refractivity contribution in [2.75, 3.05) is 0 Å². The fourth-order valence-electron chi connectivity index (χ4n) is 1.90. The van der Waals surface area contributed by atoms with Gasteiger partial charge in [0.2, 0.25) is 0 Å². The highest BCUT2D eigenvalue weighted by Crippen LogP contribution is 2.44. The maximum atomic E-state index is 13.5. The number of hydrazone groups is 1. The van der Waals surface area contributed by atoms with Crippen LogP contribution in [-0.4, -0.2) is 24.4 Å². The van der Waals surface area contributed by atoms with Crippen LogP contribution in [-0.2, 0) is 6.61 Å². The van der Waals surface area contributed by atoms with Crippen molar-refractivity contribution in [1.82, 2.24) is 5.43 Å². The summed E-state index contributed by atoms with van der Waals surface area (Å²) in [6, 6.07) is 5.51. The van der Waals surface area contributed by atoms with Crippen LogP contribution in [0.4, 0.5) is 35.1 Å². The number of hydrogen-bond donors (Lipinski definition) is 1. The maximum absolute atomic E-state index is 13.5. The molecule has 0 heterocycles. The van der Waals surface area contributed by atoms with E-state index in [1.54, 1.807) is 6.07 Å². The van der Waals surface area contributed by atoms with Crippen LogP contribution < -0.4 is 10.2 Å². The predicted molar refractivity (Wildman–Crippen MR) is 83.9 cm³/mol. The van der Waals surface area contributed by atoms with Gasteiger partial charge in [-0.15, -0.1) is 0 Å². The van der Waals surface area contributed by atoms with Gasteiger partial charge in [-0.2, -0.15) is 35.8 Å². The Labute approximate surface area is 153 Å². The number of halogens is 8. The molecule has 0 aliphatic carbocycles. The number of alkyl halides is 7. The largest absolute Gasteiger partial charge is 0.489 e. The highest BCUT2D eigenvalue weighted by molar-refractivity contribution is 5.79. The minimum absolute atomic E-state index is 0.0599. The summed E-state index contributed by atoms with van der Waals surface area (Å²) in [5.74, 6) is -6.65. The molecule has 0 atom stereocenters. The monoisotopic (exact) mass is 412 g/mol. The molecule has 11 heteroatoms. The molecule has 0 unspecified atom stereocenters. The van der Waals surface area contributed by atoms with Crippen LogP contribution in [0.15, 0.2) is 53.6 Å². The fraction of sp³-hybridized carbons (Fsp3) is 0.235. The van der Waals surface area contributed by atoms with Crippen molar-refractivity contribution in [1.29, 1.82) is 0 Å². The Hall–Kier alpha value is -2.85. The zero-order chi connectivity index (χ0) is 21.0. The van der Waals surface area contributed by atoms with E-state index in [9.17, 15) is 35.1 Å². The van der Waals surface area contributed by atoms with Crippen LogP contribution in [0.25, 0.3) is 0 Å². The molecule has 152 valence electrons. The minimum atomic E-state index is -6.46. The summed E-state index contributed by atoms with van der Waals surface area (Å²) in [5.41, 5.74) is 0.822. The molecular formula is C17H12F8N2O.